The minimum atomic E-state index is -0.467. The van der Waals surface area contributed by atoms with Crippen LogP contribution in [0.1, 0.15) is 37.2 Å². The number of rotatable bonds is 6. The Bertz CT molecular complexity index is 639. The number of carbonyl (C=O) groups is 1. The smallest absolute Gasteiger partial charge is 0.272 e. The van der Waals surface area contributed by atoms with Crippen molar-refractivity contribution in [3.63, 3.8) is 0 Å². The molecular weight excluding hydrogens is 285 g/mol. The standard InChI is InChI=1S/C16H20FN3O2/c1-3-16(2,9-11-21)18-15(22)14-8-10-20(19-14)13-6-4-12(17)5-7-13/h4-8,10,21H,3,9,11H2,1-2H3,(H,18,22). The number of halogens is 1. The molecule has 1 amide bonds. The topological polar surface area (TPSA) is 67.2 Å². The quantitative estimate of drug-likeness (QED) is 0.860. The minimum Gasteiger partial charge on any atom is -0.396 e. The van der Waals surface area contributed by atoms with Gasteiger partial charge in [-0.05, 0) is 50.1 Å². The van der Waals surface area contributed by atoms with Gasteiger partial charge in [0.15, 0.2) is 5.69 Å². The van der Waals surface area contributed by atoms with Gasteiger partial charge in [-0.15, -0.1) is 0 Å². The average molecular weight is 305 g/mol. The monoisotopic (exact) mass is 305 g/mol. The van der Waals surface area contributed by atoms with Crippen LogP contribution < -0.4 is 5.32 Å². The van der Waals surface area contributed by atoms with Crippen molar-refractivity contribution in [2.45, 2.75) is 32.2 Å². The molecule has 1 aromatic carbocycles. The Balaban J connectivity index is 2.13. The molecule has 1 heterocycles. The van der Waals surface area contributed by atoms with E-state index in [0.717, 1.165) is 0 Å². The first-order valence-corrected chi connectivity index (χ1v) is 7.22. The van der Waals surface area contributed by atoms with E-state index in [-0.39, 0.29) is 24.0 Å². The van der Waals surface area contributed by atoms with Crippen LogP contribution in [0.25, 0.3) is 5.69 Å². The average Bonchev–Trinajstić information content (AvgIpc) is 2.98. The molecule has 0 aliphatic heterocycles. The molecule has 2 rings (SSSR count). The summed E-state index contributed by atoms with van der Waals surface area (Å²) in [5.41, 5.74) is 0.488. The van der Waals surface area contributed by atoms with E-state index in [1.807, 2.05) is 13.8 Å². The number of carbonyl (C=O) groups excluding carboxylic acids is 1. The lowest BCUT2D eigenvalue weighted by Gasteiger charge is -2.28. The van der Waals surface area contributed by atoms with E-state index in [1.165, 1.54) is 16.8 Å². The highest BCUT2D eigenvalue weighted by Gasteiger charge is 2.25. The second-order valence-electron chi connectivity index (χ2n) is 5.46. The molecule has 0 radical (unpaired) electrons. The summed E-state index contributed by atoms with van der Waals surface area (Å²) in [5, 5.41) is 16.2. The molecule has 6 heteroatoms. The predicted molar refractivity (Wildman–Crippen MR) is 81.4 cm³/mol. The second kappa shape index (κ2) is 6.70. The van der Waals surface area contributed by atoms with E-state index >= 15 is 0 Å². The number of nitrogens with one attached hydrogen (secondary N) is 1. The summed E-state index contributed by atoms with van der Waals surface area (Å²) in [5.74, 6) is -0.616. The van der Waals surface area contributed by atoms with Gasteiger partial charge in [0.2, 0.25) is 0 Å². The number of benzene rings is 1. The summed E-state index contributed by atoms with van der Waals surface area (Å²) in [6.45, 7) is 3.85. The third-order valence-electron chi connectivity index (χ3n) is 3.77. The Hall–Kier alpha value is -2.21. The molecule has 1 atom stereocenters. The first kappa shape index (κ1) is 16.2. The molecule has 0 saturated heterocycles. The van der Waals surface area contributed by atoms with Gasteiger partial charge in [0.25, 0.3) is 5.91 Å². The second-order valence-corrected chi connectivity index (χ2v) is 5.46. The van der Waals surface area contributed by atoms with Crippen LogP contribution >= 0.6 is 0 Å². The van der Waals surface area contributed by atoms with Crippen LogP contribution in [0.4, 0.5) is 4.39 Å². The van der Waals surface area contributed by atoms with E-state index in [9.17, 15) is 9.18 Å². The lowest BCUT2D eigenvalue weighted by molar-refractivity contribution is 0.0880. The van der Waals surface area contributed by atoms with Crippen molar-refractivity contribution >= 4 is 5.91 Å². The van der Waals surface area contributed by atoms with E-state index in [0.29, 0.717) is 18.5 Å². The van der Waals surface area contributed by atoms with Crippen LogP contribution in [-0.4, -0.2) is 32.9 Å². The number of aliphatic hydroxyl groups is 1. The Labute approximate surface area is 128 Å². The van der Waals surface area contributed by atoms with E-state index in [2.05, 4.69) is 10.4 Å². The molecule has 118 valence electrons. The lowest BCUT2D eigenvalue weighted by atomic mass is 9.95. The maximum absolute atomic E-state index is 12.9. The summed E-state index contributed by atoms with van der Waals surface area (Å²) < 4.78 is 14.4. The van der Waals surface area contributed by atoms with Crippen molar-refractivity contribution < 1.29 is 14.3 Å². The van der Waals surface area contributed by atoms with Crippen LogP contribution in [0, 0.1) is 5.82 Å². The third kappa shape index (κ3) is 3.71. The van der Waals surface area contributed by atoms with Crippen LogP contribution in [-0.2, 0) is 0 Å². The third-order valence-corrected chi connectivity index (χ3v) is 3.77. The van der Waals surface area contributed by atoms with Gasteiger partial charge in [-0.3, -0.25) is 4.79 Å². The maximum Gasteiger partial charge on any atom is 0.272 e. The highest BCUT2D eigenvalue weighted by atomic mass is 19.1. The molecule has 22 heavy (non-hydrogen) atoms. The van der Waals surface area contributed by atoms with Gasteiger partial charge in [-0.1, -0.05) is 6.92 Å². The summed E-state index contributed by atoms with van der Waals surface area (Å²) >= 11 is 0. The predicted octanol–water partition coefficient (Wildman–Crippen LogP) is 2.29. The first-order chi connectivity index (χ1) is 10.5. The fourth-order valence-electron chi connectivity index (χ4n) is 2.10. The van der Waals surface area contributed by atoms with E-state index < -0.39 is 5.54 Å². The van der Waals surface area contributed by atoms with Crippen molar-refractivity contribution in [2.24, 2.45) is 0 Å². The molecule has 2 N–H and O–H groups in total. The molecule has 0 aliphatic rings. The Morgan fingerprint density at radius 1 is 1.36 bits per heavy atom. The van der Waals surface area contributed by atoms with Crippen LogP contribution in [0.2, 0.25) is 0 Å². The molecule has 0 fully saturated rings. The van der Waals surface area contributed by atoms with E-state index in [4.69, 9.17) is 5.11 Å². The molecule has 5 nitrogen and oxygen atoms in total. The van der Waals surface area contributed by atoms with Gasteiger partial charge in [0.05, 0.1) is 5.69 Å². The Morgan fingerprint density at radius 2 is 2.05 bits per heavy atom. The number of nitrogens with zero attached hydrogens (tertiary/aromatic N) is 2. The fraction of sp³-hybridized carbons (Fsp3) is 0.375. The normalized spacial score (nSPS) is 13.6. The molecule has 2 aromatic rings. The van der Waals surface area contributed by atoms with Gasteiger partial charge in [-0.25, -0.2) is 9.07 Å². The van der Waals surface area contributed by atoms with Gasteiger partial charge in [0, 0.05) is 18.3 Å². The Morgan fingerprint density at radius 3 is 2.64 bits per heavy atom. The van der Waals surface area contributed by atoms with Gasteiger partial charge in [-0.2, -0.15) is 5.10 Å². The molecule has 0 bridgehead atoms. The van der Waals surface area contributed by atoms with Crippen molar-refractivity contribution in [3.8, 4) is 5.69 Å². The maximum atomic E-state index is 12.9. The summed E-state index contributed by atoms with van der Waals surface area (Å²) in [4.78, 5) is 12.3. The molecule has 1 aromatic heterocycles. The van der Waals surface area contributed by atoms with Gasteiger partial charge in [0.1, 0.15) is 5.82 Å². The SMILES string of the molecule is CCC(C)(CCO)NC(=O)c1ccn(-c2ccc(F)cc2)n1. The zero-order valence-electron chi connectivity index (χ0n) is 12.7. The number of hydrogen-bond donors (Lipinski definition) is 2. The minimum absolute atomic E-state index is 0.00857. The van der Waals surface area contributed by atoms with Crippen LogP contribution in [0.3, 0.4) is 0 Å². The molecule has 0 spiro atoms. The van der Waals surface area contributed by atoms with Crippen LogP contribution in [0.15, 0.2) is 36.5 Å². The van der Waals surface area contributed by atoms with Crippen LogP contribution in [0.5, 0.6) is 0 Å². The highest BCUT2D eigenvalue weighted by Crippen LogP contribution is 2.15. The van der Waals surface area contributed by atoms with Crippen molar-refractivity contribution in [3.05, 3.63) is 48.0 Å². The van der Waals surface area contributed by atoms with Crippen molar-refractivity contribution in [2.75, 3.05) is 6.61 Å². The lowest BCUT2D eigenvalue weighted by Crippen LogP contribution is -2.46. The summed E-state index contributed by atoms with van der Waals surface area (Å²) in [7, 11) is 0. The number of amides is 1. The van der Waals surface area contributed by atoms with Gasteiger partial charge >= 0.3 is 0 Å². The summed E-state index contributed by atoms with van der Waals surface area (Å²) in [6.07, 6.45) is 2.84. The number of aromatic nitrogens is 2. The zero-order valence-corrected chi connectivity index (χ0v) is 12.7. The molecule has 0 saturated carbocycles. The largest absolute Gasteiger partial charge is 0.396 e. The number of aliphatic hydroxyl groups excluding tert-OH is 1. The van der Waals surface area contributed by atoms with Crippen molar-refractivity contribution in [1.82, 2.24) is 15.1 Å². The fourth-order valence-corrected chi connectivity index (χ4v) is 2.10. The number of hydrogen-bond acceptors (Lipinski definition) is 3. The van der Waals surface area contributed by atoms with Gasteiger partial charge < -0.3 is 10.4 Å². The highest BCUT2D eigenvalue weighted by molar-refractivity contribution is 5.92. The molecular formula is C16H20FN3O2. The summed E-state index contributed by atoms with van der Waals surface area (Å²) in [6, 6.07) is 7.46. The Kier molecular flexibility index (Phi) is 4.92. The molecule has 0 aliphatic carbocycles. The molecule has 1 unspecified atom stereocenters. The van der Waals surface area contributed by atoms with Crippen molar-refractivity contribution in [1.29, 1.82) is 0 Å². The van der Waals surface area contributed by atoms with E-state index in [1.54, 1.807) is 24.4 Å². The zero-order chi connectivity index (χ0) is 16.2. The first-order valence-electron chi connectivity index (χ1n) is 7.22.